The molecule has 2 aliphatic rings. The lowest BCUT2D eigenvalue weighted by Gasteiger charge is -2.46. The summed E-state index contributed by atoms with van der Waals surface area (Å²) in [7, 11) is 2.27. The van der Waals surface area contributed by atoms with Crippen LogP contribution in [0.5, 0.6) is 0 Å². The summed E-state index contributed by atoms with van der Waals surface area (Å²) in [4.78, 5) is 7.89. The molecule has 2 unspecified atom stereocenters. The first kappa shape index (κ1) is 12.7. The molecular formula is C12H23N5. The van der Waals surface area contributed by atoms with Crippen molar-refractivity contribution in [1.82, 2.24) is 9.80 Å². The third-order valence-electron chi connectivity index (χ3n) is 4.23. The lowest BCUT2D eigenvalue weighted by molar-refractivity contribution is 0.0385. The molecule has 0 radical (unpaired) electrons. The van der Waals surface area contributed by atoms with Crippen molar-refractivity contribution < 1.29 is 0 Å². The van der Waals surface area contributed by atoms with Crippen molar-refractivity contribution in [2.75, 3.05) is 39.8 Å². The van der Waals surface area contributed by atoms with Crippen molar-refractivity contribution in [3.05, 3.63) is 10.4 Å². The van der Waals surface area contributed by atoms with Gasteiger partial charge in [-0.3, -0.25) is 0 Å². The van der Waals surface area contributed by atoms with E-state index in [1.807, 2.05) is 0 Å². The second-order valence-electron chi connectivity index (χ2n) is 5.35. The molecule has 0 saturated carbocycles. The van der Waals surface area contributed by atoms with Crippen LogP contribution in [0.3, 0.4) is 0 Å². The van der Waals surface area contributed by atoms with Gasteiger partial charge in [0, 0.05) is 24.0 Å². The molecule has 5 nitrogen and oxygen atoms in total. The van der Waals surface area contributed by atoms with E-state index in [1.54, 1.807) is 0 Å². The van der Waals surface area contributed by atoms with Gasteiger partial charge in [0.1, 0.15) is 0 Å². The van der Waals surface area contributed by atoms with E-state index >= 15 is 0 Å². The summed E-state index contributed by atoms with van der Waals surface area (Å²) in [6, 6.07) is 0.817. The van der Waals surface area contributed by atoms with Crippen LogP contribution in [0.1, 0.15) is 25.7 Å². The van der Waals surface area contributed by atoms with Crippen LogP contribution in [0.15, 0.2) is 5.11 Å². The Morgan fingerprint density at radius 3 is 3.06 bits per heavy atom. The van der Waals surface area contributed by atoms with Crippen molar-refractivity contribution in [3.63, 3.8) is 0 Å². The minimum atomic E-state index is 0.640. The number of azide groups is 1. The minimum absolute atomic E-state index is 0.640. The minimum Gasteiger partial charge on any atom is -0.303 e. The molecule has 5 heteroatoms. The Hall–Kier alpha value is -0.770. The van der Waals surface area contributed by atoms with Crippen LogP contribution >= 0.6 is 0 Å². The van der Waals surface area contributed by atoms with E-state index in [0.29, 0.717) is 6.54 Å². The lowest BCUT2D eigenvalue weighted by atomic mass is 9.84. The predicted molar refractivity (Wildman–Crippen MR) is 68.8 cm³/mol. The zero-order valence-electron chi connectivity index (χ0n) is 10.8. The van der Waals surface area contributed by atoms with Crippen LogP contribution in [0, 0.1) is 5.92 Å². The number of fused-ring (bicyclic) bond motifs is 1. The van der Waals surface area contributed by atoms with Gasteiger partial charge in [0.25, 0.3) is 0 Å². The van der Waals surface area contributed by atoms with Gasteiger partial charge < -0.3 is 9.80 Å². The van der Waals surface area contributed by atoms with E-state index in [0.717, 1.165) is 24.9 Å². The van der Waals surface area contributed by atoms with Gasteiger partial charge in [-0.25, -0.2) is 0 Å². The zero-order valence-corrected chi connectivity index (χ0v) is 10.8. The largest absolute Gasteiger partial charge is 0.303 e. The summed E-state index contributed by atoms with van der Waals surface area (Å²) in [5.41, 5.74) is 8.23. The Kier molecular flexibility index (Phi) is 4.66. The molecule has 0 amide bonds. The van der Waals surface area contributed by atoms with Gasteiger partial charge in [-0.05, 0) is 63.8 Å². The van der Waals surface area contributed by atoms with Gasteiger partial charge in [0.2, 0.25) is 0 Å². The molecule has 0 N–H and O–H groups in total. The second-order valence-corrected chi connectivity index (χ2v) is 5.35. The third-order valence-corrected chi connectivity index (χ3v) is 4.23. The summed E-state index contributed by atoms with van der Waals surface area (Å²) < 4.78 is 0. The molecular weight excluding hydrogens is 214 g/mol. The van der Waals surface area contributed by atoms with Crippen LogP contribution in [0.2, 0.25) is 0 Å². The maximum atomic E-state index is 8.23. The maximum Gasteiger partial charge on any atom is 0.0270 e. The SMILES string of the molecule is CN1CCCC2CN(CCCN=[N+]=[N-])CCC21. The van der Waals surface area contributed by atoms with E-state index < -0.39 is 0 Å². The molecule has 2 saturated heterocycles. The highest BCUT2D eigenvalue weighted by Gasteiger charge is 2.33. The van der Waals surface area contributed by atoms with Crippen LogP contribution in [-0.4, -0.2) is 55.6 Å². The molecule has 96 valence electrons. The molecule has 0 aromatic carbocycles. The molecule has 2 atom stereocenters. The number of hydrogen-bond donors (Lipinski definition) is 0. The normalized spacial score (nSPS) is 30.6. The smallest absolute Gasteiger partial charge is 0.0270 e. The fraction of sp³-hybridized carbons (Fsp3) is 1.00. The number of likely N-dealkylation sites (tertiary alicyclic amines) is 2. The first-order valence-electron chi connectivity index (χ1n) is 6.74. The van der Waals surface area contributed by atoms with Crippen molar-refractivity contribution in [1.29, 1.82) is 0 Å². The van der Waals surface area contributed by atoms with Crippen molar-refractivity contribution in [2.24, 2.45) is 11.0 Å². The monoisotopic (exact) mass is 237 g/mol. The van der Waals surface area contributed by atoms with Crippen LogP contribution in [0.25, 0.3) is 10.4 Å². The summed E-state index contributed by atoms with van der Waals surface area (Å²) in [6.45, 7) is 5.46. The van der Waals surface area contributed by atoms with E-state index in [2.05, 4.69) is 26.9 Å². The average Bonchev–Trinajstić information content (AvgIpc) is 2.35. The topological polar surface area (TPSA) is 55.2 Å². The first-order chi connectivity index (χ1) is 8.31. The average molecular weight is 237 g/mol. The zero-order chi connectivity index (χ0) is 12.1. The highest BCUT2D eigenvalue weighted by Crippen LogP contribution is 2.29. The maximum absolute atomic E-state index is 8.23. The molecule has 2 rings (SSSR count). The van der Waals surface area contributed by atoms with Crippen LogP contribution in [0.4, 0.5) is 0 Å². The second kappa shape index (κ2) is 6.24. The van der Waals surface area contributed by atoms with E-state index in [4.69, 9.17) is 5.53 Å². The lowest BCUT2D eigenvalue weighted by Crippen LogP contribution is -2.52. The van der Waals surface area contributed by atoms with Crippen molar-refractivity contribution in [2.45, 2.75) is 31.7 Å². The number of rotatable bonds is 4. The first-order valence-corrected chi connectivity index (χ1v) is 6.74. The quantitative estimate of drug-likeness (QED) is 0.325. The van der Waals surface area contributed by atoms with Gasteiger partial charge in [-0.1, -0.05) is 5.11 Å². The molecule has 0 bridgehead atoms. The Morgan fingerprint density at radius 2 is 2.24 bits per heavy atom. The summed E-state index contributed by atoms with van der Waals surface area (Å²) in [6.07, 6.45) is 5.05. The molecule has 0 aromatic rings. The highest BCUT2D eigenvalue weighted by molar-refractivity contribution is 4.89. The van der Waals surface area contributed by atoms with Crippen LogP contribution in [-0.2, 0) is 0 Å². The summed E-state index contributed by atoms with van der Waals surface area (Å²) >= 11 is 0. The van der Waals surface area contributed by atoms with Crippen molar-refractivity contribution in [3.8, 4) is 0 Å². The molecule has 0 aromatic heterocycles. The van der Waals surface area contributed by atoms with Gasteiger partial charge >= 0.3 is 0 Å². The number of hydrogen-bond acceptors (Lipinski definition) is 3. The van der Waals surface area contributed by atoms with Gasteiger partial charge in [0.15, 0.2) is 0 Å². The van der Waals surface area contributed by atoms with E-state index in [9.17, 15) is 0 Å². The fourth-order valence-electron chi connectivity index (χ4n) is 3.34. The standard InChI is InChI=1S/C12H23N5/c1-16-7-2-4-11-10-17(9-5-12(11)16)8-3-6-14-15-13/h11-12H,2-10H2,1H3. The van der Waals surface area contributed by atoms with Crippen LogP contribution < -0.4 is 0 Å². The van der Waals surface area contributed by atoms with E-state index in [1.165, 1.54) is 38.9 Å². The number of piperidine rings is 2. The molecule has 2 fully saturated rings. The Balaban J connectivity index is 1.75. The number of nitrogens with zero attached hydrogens (tertiary/aromatic N) is 5. The predicted octanol–water partition coefficient (Wildman–Crippen LogP) is 2.10. The molecule has 2 aliphatic heterocycles. The van der Waals surface area contributed by atoms with Gasteiger partial charge in [-0.15, -0.1) is 0 Å². The molecule has 0 spiro atoms. The third kappa shape index (κ3) is 3.35. The summed E-state index contributed by atoms with van der Waals surface area (Å²) in [5, 5.41) is 3.60. The fourth-order valence-corrected chi connectivity index (χ4v) is 3.34. The Labute approximate surface area is 103 Å². The molecule has 17 heavy (non-hydrogen) atoms. The molecule has 2 heterocycles. The Bertz CT molecular complexity index is 287. The summed E-state index contributed by atoms with van der Waals surface area (Å²) in [5.74, 6) is 0.863. The Morgan fingerprint density at radius 1 is 1.35 bits per heavy atom. The van der Waals surface area contributed by atoms with Crippen molar-refractivity contribution >= 4 is 0 Å². The van der Waals surface area contributed by atoms with Gasteiger partial charge in [-0.2, -0.15) is 0 Å². The van der Waals surface area contributed by atoms with E-state index in [-0.39, 0.29) is 0 Å². The molecule has 0 aliphatic carbocycles. The van der Waals surface area contributed by atoms with Gasteiger partial charge in [0.05, 0.1) is 0 Å². The highest BCUT2D eigenvalue weighted by atomic mass is 15.2.